The number of hydrogen-bond donors (Lipinski definition) is 1. The SMILES string of the molecule is Nc1nccc(Cc2ccc(F)c(F)c2)n1. The van der Waals surface area contributed by atoms with E-state index in [4.69, 9.17) is 5.73 Å². The molecule has 2 N–H and O–H groups in total. The Bertz CT molecular complexity index is 514. The van der Waals surface area contributed by atoms with Gasteiger partial charge in [0.15, 0.2) is 11.6 Å². The Labute approximate surface area is 91.0 Å². The van der Waals surface area contributed by atoms with E-state index in [0.717, 1.165) is 12.1 Å². The molecule has 3 nitrogen and oxygen atoms in total. The molecule has 0 saturated heterocycles. The highest BCUT2D eigenvalue weighted by molar-refractivity contribution is 5.25. The lowest BCUT2D eigenvalue weighted by molar-refractivity contribution is 0.507. The maximum Gasteiger partial charge on any atom is 0.220 e. The van der Waals surface area contributed by atoms with Crippen LogP contribution in [0.25, 0.3) is 0 Å². The Morgan fingerprint density at radius 3 is 2.62 bits per heavy atom. The van der Waals surface area contributed by atoms with Crippen molar-refractivity contribution in [1.82, 2.24) is 9.97 Å². The van der Waals surface area contributed by atoms with E-state index in [1.165, 1.54) is 12.3 Å². The number of rotatable bonds is 2. The van der Waals surface area contributed by atoms with Crippen LogP contribution in [0.3, 0.4) is 0 Å². The zero-order valence-electron chi connectivity index (χ0n) is 8.32. The summed E-state index contributed by atoms with van der Waals surface area (Å²) in [5.41, 5.74) is 6.71. The van der Waals surface area contributed by atoms with Crippen molar-refractivity contribution in [3.8, 4) is 0 Å². The van der Waals surface area contributed by atoms with E-state index in [1.807, 2.05) is 0 Å². The molecule has 1 aromatic heterocycles. The molecule has 0 unspecified atom stereocenters. The summed E-state index contributed by atoms with van der Waals surface area (Å²) in [4.78, 5) is 7.72. The largest absolute Gasteiger partial charge is 0.368 e. The zero-order chi connectivity index (χ0) is 11.5. The van der Waals surface area contributed by atoms with Crippen molar-refractivity contribution in [1.29, 1.82) is 0 Å². The average molecular weight is 221 g/mol. The second-order valence-corrected chi connectivity index (χ2v) is 3.33. The van der Waals surface area contributed by atoms with Crippen molar-refractivity contribution in [3.05, 3.63) is 53.4 Å². The van der Waals surface area contributed by atoms with Gasteiger partial charge >= 0.3 is 0 Å². The molecule has 0 amide bonds. The number of nitrogens with two attached hydrogens (primary N) is 1. The predicted octanol–water partition coefficient (Wildman–Crippen LogP) is 1.93. The van der Waals surface area contributed by atoms with Gasteiger partial charge in [0.25, 0.3) is 0 Å². The molecule has 82 valence electrons. The molecule has 5 heteroatoms. The van der Waals surface area contributed by atoms with E-state index in [-0.39, 0.29) is 5.95 Å². The van der Waals surface area contributed by atoms with Gasteiger partial charge in [0.1, 0.15) is 0 Å². The fraction of sp³-hybridized carbons (Fsp3) is 0.0909. The summed E-state index contributed by atoms with van der Waals surface area (Å²) in [6.07, 6.45) is 1.92. The van der Waals surface area contributed by atoms with E-state index in [9.17, 15) is 8.78 Å². The molecule has 0 bridgehead atoms. The second-order valence-electron chi connectivity index (χ2n) is 3.33. The van der Waals surface area contributed by atoms with Gasteiger partial charge in [-0.15, -0.1) is 0 Å². The molecule has 0 aliphatic heterocycles. The van der Waals surface area contributed by atoms with E-state index >= 15 is 0 Å². The first-order valence-corrected chi connectivity index (χ1v) is 4.66. The Balaban J connectivity index is 2.24. The van der Waals surface area contributed by atoms with Crippen molar-refractivity contribution >= 4 is 5.95 Å². The van der Waals surface area contributed by atoms with Gasteiger partial charge in [0.2, 0.25) is 5.95 Å². The summed E-state index contributed by atoms with van der Waals surface area (Å²) < 4.78 is 25.6. The topological polar surface area (TPSA) is 51.8 Å². The lowest BCUT2D eigenvalue weighted by Crippen LogP contribution is -1.99. The number of halogens is 2. The quantitative estimate of drug-likeness (QED) is 0.842. The molecule has 0 spiro atoms. The Morgan fingerprint density at radius 2 is 1.94 bits per heavy atom. The monoisotopic (exact) mass is 221 g/mol. The van der Waals surface area contributed by atoms with Gasteiger partial charge in [-0.3, -0.25) is 0 Å². The molecule has 0 radical (unpaired) electrons. The van der Waals surface area contributed by atoms with Crippen LogP contribution in [0.2, 0.25) is 0 Å². The summed E-state index contributed by atoms with van der Waals surface area (Å²) in [5.74, 6) is -1.55. The van der Waals surface area contributed by atoms with Crippen molar-refractivity contribution in [2.45, 2.75) is 6.42 Å². The highest BCUT2D eigenvalue weighted by Gasteiger charge is 2.04. The van der Waals surface area contributed by atoms with Crippen molar-refractivity contribution in [2.75, 3.05) is 5.73 Å². The minimum absolute atomic E-state index is 0.167. The van der Waals surface area contributed by atoms with Crippen LogP contribution in [0.5, 0.6) is 0 Å². The smallest absolute Gasteiger partial charge is 0.220 e. The van der Waals surface area contributed by atoms with Crippen LogP contribution in [-0.4, -0.2) is 9.97 Å². The Morgan fingerprint density at radius 1 is 1.12 bits per heavy atom. The third-order valence-corrected chi connectivity index (χ3v) is 2.10. The summed E-state index contributed by atoms with van der Waals surface area (Å²) in [7, 11) is 0. The van der Waals surface area contributed by atoms with Crippen LogP contribution in [0.1, 0.15) is 11.3 Å². The molecule has 2 aromatic rings. The standard InChI is InChI=1S/C11H9F2N3/c12-9-2-1-7(6-10(9)13)5-8-3-4-15-11(14)16-8/h1-4,6H,5H2,(H2,14,15,16). The van der Waals surface area contributed by atoms with Gasteiger partial charge in [-0.05, 0) is 23.8 Å². The normalized spacial score (nSPS) is 10.4. The fourth-order valence-electron chi connectivity index (χ4n) is 1.37. The summed E-state index contributed by atoms with van der Waals surface area (Å²) in [6.45, 7) is 0. The van der Waals surface area contributed by atoms with Gasteiger partial charge in [-0.25, -0.2) is 18.7 Å². The minimum atomic E-state index is -0.862. The Hall–Kier alpha value is -2.04. The van der Waals surface area contributed by atoms with E-state index in [2.05, 4.69) is 9.97 Å². The molecular formula is C11H9F2N3. The van der Waals surface area contributed by atoms with Gasteiger partial charge in [-0.2, -0.15) is 0 Å². The summed E-state index contributed by atoms with van der Waals surface area (Å²) in [5, 5.41) is 0. The van der Waals surface area contributed by atoms with Crippen LogP contribution in [0.15, 0.2) is 30.5 Å². The van der Waals surface area contributed by atoms with Gasteiger partial charge in [0.05, 0.1) is 5.69 Å². The lowest BCUT2D eigenvalue weighted by Gasteiger charge is -2.02. The highest BCUT2D eigenvalue weighted by Crippen LogP contribution is 2.12. The zero-order valence-corrected chi connectivity index (χ0v) is 8.32. The van der Waals surface area contributed by atoms with Crippen LogP contribution >= 0.6 is 0 Å². The molecule has 16 heavy (non-hydrogen) atoms. The molecule has 0 aliphatic carbocycles. The van der Waals surface area contributed by atoms with Crippen molar-refractivity contribution in [2.24, 2.45) is 0 Å². The first kappa shape index (κ1) is 10.5. The number of aromatic nitrogens is 2. The molecule has 0 fully saturated rings. The first-order valence-electron chi connectivity index (χ1n) is 4.66. The van der Waals surface area contributed by atoms with Gasteiger partial charge in [0, 0.05) is 12.6 Å². The fourth-order valence-corrected chi connectivity index (χ4v) is 1.37. The number of anilines is 1. The number of benzene rings is 1. The molecule has 0 atom stereocenters. The maximum atomic E-state index is 12.9. The predicted molar refractivity (Wildman–Crippen MR) is 55.6 cm³/mol. The minimum Gasteiger partial charge on any atom is -0.368 e. The third-order valence-electron chi connectivity index (χ3n) is 2.10. The molecular weight excluding hydrogens is 212 g/mol. The highest BCUT2D eigenvalue weighted by atomic mass is 19.2. The van der Waals surface area contributed by atoms with E-state index < -0.39 is 11.6 Å². The first-order chi connectivity index (χ1) is 7.65. The molecule has 0 saturated carbocycles. The summed E-state index contributed by atoms with van der Waals surface area (Å²) in [6, 6.07) is 5.43. The van der Waals surface area contributed by atoms with Crippen molar-refractivity contribution < 1.29 is 8.78 Å². The van der Waals surface area contributed by atoms with E-state index in [0.29, 0.717) is 17.7 Å². The summed E-state index contributed by atoms with van der Waals surface area (Å²) >= 11 is 0. The van der Waals surface area contributed by atoms with Crippen LogP contribution < -0.4 is 5.73 Å². The maximum absolute atomic E-state index is 12.9. The van der Waals surface area contributed by atoms with Gasteiger partial charge in [-0.1, -0.05) is 6.07 Å². The second kappa shape index (κ2) is 4.22. The lowest BCUT2D eigenvalue weighted by atomic mass is 10.1. The van der Waals surface area contributed by atoms with E-state index in [1.54, 1.807) is 6.07 Å². The number of nitrogens with zero attached hydrogens (tertiary/aromatic N) is 2. The number of hydrogen-bond acceptors (Lipinski definition) is 3. The molecule has 0 aliphatic rings. The molecule has 1 aromatic carbocycles. The molecule has 2 rings (SSSR count). The van der Waals surface area contributed by atoms with Crippen LogP contribution in [0, 0.1) is 11.6 Å². The van der Waals surface area contributed by atoms with Crippen LogP contribution in [0.4, 0.5) is 14.7 Å². The van der Waals surface area contributed by atoms with Crippen LogP contribution in [-0.2, 0) is 6.42 Å². The van der Waals surface area contributed by atoms with Crippen molar-refractivity contribution in [3.63, 3.8) is 0 Å². The molecule has 1 heterocycles. The number of nitrogen functional groups attached to an aromatic ring is 1. The Kier molecular flexibility index (Phi) is 2.76. The average Bonchev–Trinajstić information content (AvgIpc) is 2.24. The van der Waals surface area contributed by atoms with Gasteiger partial charge < -0.3 is 5.73 Å². The third kappa shape index (κ3) is 2.31.